The number of hydrogen-bond acceptors (Lipinski definition) is 4. The van der Waals surface area contributed by atoms with E-state index in [-0.39, 0.29) is 6.04 Å². The lowest BCUT2D eigenvalue weighted by molar-refractivity contribution is 0.337. The number of benzene rings is 1. The Morgan fingerprint density at radius 3 is 2.86 bits per heavy atom. The average Bonchev–Trinajstić information content (AvgIpc) is 2.49. The number of nitrogens with two attached hydrogens (primary N) is 1. The highest BCUT2D eigenvalue weighted by Crippen LogP contribution is 2.21. The SMILES string of the molecule is CCOc1cncc(C(CCc2cccc(C)c2)NN)c1. The largest absolute Gasteiger partial charge is 0.492 e. The maximum absolute atomic E-state index is 5.70. The van der Waals surface area contributed by atoms with E-state index in [1.807, 2.05) is 19.2 Å². The molecule has 1 unspecified atom stereocenters. The van der Waals surface area contributed by atoms with Crippen molar-refractivity contribution in [2.45, 2.75) is 32.7 Å². The second kappa shape index (κ2) is 7.76. The summed E-state index contributed by atoms with van der Waals surface area (Å²) in [5.41, 5.74) is 6.53. The zero-order valence-corrected chi connectivity index (χ0v) is 12.7. The van der Waals surface area contributed by atoms with Crippen molar-refractivity contribution in [3.63, 3.8) is 0 Å². The van der Waals surface area contributed by atoms with Gasteiger partial charge < -0.3 is 4.74 Å². The zero-order chi connectivity index (χ0) is 15.1. The van der Waals surface area contributed by atoms with Crippen LogP contribution in [0.4, 0.5) is 0 Å². The molecule has 2 aromatic rings. The standard InChI is InChI=1S/C17H23N3O/c1-3-21-16-10-15(11-19-12-16)17(20-18)8-7-14-6-4-5-13(2)9-14/h4-6,9-12,17,20H,3,7-8,18H2,1-2H3. The number of nitrogens with one attached hydrogen (secondary N) is 1. The van der Waals surface area contributed by atoms with Gasteiger partial charge in [-0.25, -0.2) is 0 Å². The van der Waals surface area contributed by atoms with Crippen LogP contribution in [0.5, 0.6) is 5.75 Å². The molecule has 1 aromatic carbocycles. The van der Waals surface area contributed by atoms with Crippen molar-refractivity contribution in [2.24, 2.45) is 5.84 Å². The molecule has 0 saturated heterocycles. The molecule has 0 aliphatic heterocycles. The molecule has 112 valence electrons. The summed E-state index contributed by atoms with van der Waals surface area (Å²) >= 11 is 0. The number of aryl methyl sites for hydroxylation is 2. The van der Waals surface area contributed by atoms with Gasteiger partial charge >= 0.3 is 0 Å². The van der Waals surface area contributed by atoms with Crippen molar-refractivity contribution in [2.75, 3.05) is 6.61 Å². The summed E-state index contributed by atoms with van der Waals surface area (Å²) in [5.74, 6) is 6.49. The molecule has 0 spiro atoms. The van der Waals surface area contributed by atoms with Gasteiger partial charge in [-0.1, -0.05) is 29.8 Å². The van der Waals surface area contributed by atoms with Crippen LogP contribution in [0.3, 0.4) is 0 Å². The maximum atomic E-state index is 5.70. The molecule has 4 heteroatoms. The Morgan fingerprint density at radius 2 is 2.14 bits per heavy atom. The number of aromatic nitrogens is 1. The molecule has 0 aliphatic rings. The molecule has 3 N–H and O–H groups in total. The van der Waals surface area contributed by atoms with Gasteiger partial charge in [-0.15, -0.1) is 0 Å². The molecule has 1 heterocycles. The van der Waals surface area contributed by atoms with Crippen molar-refractivity contribution in [1.82, 2.24) is 10.4 Å². The van der Waals surface area contributed by atoms with Crippen molar-refractivity contribution in [1.29, 1.82) is 0 Å². The third-order valence-electron chi connectivity index (χ3n) is 3.45. The van der Waals surface area contributed by atoms with Crippen molar-refractivity contribution in [3.05, 3.63) is 59.4 Å². The van der Waals surface area contributed by atoms with Crippen LogP contribution < -0.4 is 16.0 Å². The minimum absolute atomic E-state index is 0.0680. The van der Waals surface area contributed by atoms with Crippen LogP contribution in [0.2, 0.25) is 0 Å². The van der Waals surface area contributed by atoms with Gasteiger partial charge in [0.25, 0.3) is 0 Å². The van der Waals surface area contributed by atoms with Crippen LogP contribution in [0.15, 0.2) is 42.7 Å². The van der Waals surface area contributed by atoms with E-state index < -0.39 is 0 Å². The second-order valence-electron chi connectivity index (χ2n) is 5.13. The van der Waals surface area contributed by atoms with Crippen molar-refractivity contribution >= 4 is 0 Å². The van der Waals surface area contributed by atoms with Crippen LogP contribution >= 0.6 is 0 Å². The molecule has 0 amide bonds. The number of hydrogen-bond donors (Lipinski definition) is 2. The minimum atomic E-state index is 0.0680. The van der Waals surface area contributed by atoms with Gasteiger partial charge in [0.1, 0.15) is 5.75 Å². The molecule has 0 fully saturated rings. The lowest BCUT2D eigenvalue weighted by atomic mass is 10.00. The molecule has 2 rings (SSSR count). The number of rotatable bonds is 7. The van der Waals surface area contributed by atoms with Crippen LogP contribution in [0.1, 0.15) is 36.1 Å². The first kappa shape index (κ1) is 15.5. The predicted molar refractivity (Wildman–Crippen MR) is 85.0 cm³/mol. The lowest BCUT2D eigenvalue weighted by Crippen LogP contribution is -2.28. The van der Waals surface area contributed by atoms with E-state index in [9.17, 15) is 0 Å². The van der Waals surface area contributed by atoms with Crippen molar-refractivity contribution < 1.29 is 4.74 Å². The highest BCUT2D eigenvalue weighted by molar-refractivity contribution is 5.27. The summed E-state index contributed by atoms with van der Waals surface area (Å²) in [4.78, 5) is 4.22. The normalized spacial score (nSPS) is 12.1. The molecule has 0 radical (unpaired) electrons. The first-order valence-corrected chi connectivity index (χ1v) is 7.32. The Labute approximate surface area is 126 Å². The topological polar surface area (TPSA) is 60.2 Å². The number of pyridine rings is 1. The highest BCUT2D eigenvalue weighted by Gasteiger charge is 2.11. The first-order chi connectivity index (χ1) is 10.2. The van der Waals surface area contributed by atoms with E-state index in [1.54, 1.807) is 6.20 Å². The van der Waals surface area contributed by atoms with Gasteiger partial charge in [0.15, 0.2) is 0 Å². The van der Waals surface area contributed by atoms with E-state index >= 15 is 0 Å². The summed E-state index contributed by atoms with van der Waals surface area (Å²) in [5, 5.41) is 0. The van der Waals surface area contributed by atoms with Gasteiger partial charge in [0.2, 0.25) is 0 Å². The summed E-state index contributed by atoms with van der Waals surface area (Å²) in [7, 11) is 0. The number of nitrogens with zero attached hydrogens (tertiary/aromatic N) is 1. The minimum Gasteiger partial charge on any atom is -0.492 e. The summed E-state index contributed by atoms with van der Waals surface area (Å²) < 4.78 is 5.49. The molecule has 1 aromatic heterocycles. The molecule has 0 saturated carbocycles. The molecular weight excluding hydrogens is 262 g/mol. The molecular formula is C17H23N3O. The molecule has 0 aliphatic carbocycles. The maximum Gasteiger partial charge on any atom is 0.137 e. The molecule has 0 bridgehead atoms. The summed E-state index contributed by atoms with van der Waals surface area (Å²) in [6.45, 7) is 4.70. The third-order valence-corrected chi connectivity index (χ3v) is 3.45. The zero-order valence-electron chi connectivity index (χ0n) is 12.7. The van der Waals surface area contributed by atoms with Crippen LogP contribution in [0.25, 0.3) is 0 Å². The quantitative estimate of drug-likeness (QED) is 0.606. The van der Waals surface area contributed by atoms with E-state index in [0.29, 0.717) is 6.61 Å². The summed E-state index contributed by atoms with van der Waals surface area (Å²) in [6.07, 6.45) is 5.44. The average molecular weight is 285 g/mol. The highest BCUT2D eigenvalue weighted by atomic mass is 16.5. The van der Waals surface area contributed by atoms with Crippen LogP contribution in [0, 0.1) is 6.92 Å². The van der Waals surface area contributed by atoms with Gasteiger partial charge in [-0.05, 0) is 43.9 Å². The van der Waals surface area contributed by atoms with Crippen LogP contribution in [-0.2, 0) is 6.42 Å². The number of hydrazine groups is 1. The Balaban J connectivity index is 2.04. The molecule has 1 atom stereocenters. The van der Waals surface area contributed by atoms with Gasteiger partial charge in [0, 0.05) is 12.2 Å². The Kier molecular flexibility index (Phi) is 5.72. The second-order valence-corrected chi connectivity index (χ2v) is 5.13. The fourth-order valence-corrected chi connectivity index (χ4v) is 2.40. The lowest BCUT2D eigenvalue weighted by Gasteiger charge is -2.17. The molecule has 21 heavy (non-hydrogen) atoms. The van der Waals surface area contributed by atoms with E-state index in [2.05, 4.69) is 41.6 Å². The van der Waals surface area contributed by atoms with E-state index in [0.717, 1.165) is 24.2 Å². The third kappa shape index (κ3) is 4.55. The Hall–Kier alpha value is -1.91. The number of ether oxygens (including phenoxy) is 1. The summed E-state index contributed by atoms with van der Waals surface area (Å²) in [6, 6.07) is 10.6. The van der Waals surface area contributed by atoms with Gasteiger partial charge in [0.05, 0.1) is 12.8 Å². The Bertz CT molecular complexity index is 571. The fraction of sp³-hybridized carbons (Fsp3) is 0.353. The predicted octanol–water partition coefficient (Wildman–Crippen LogP) is 2.93. The Morgan fingerprint density at radius 1 is 1.29 bits per heavy atom. The van der Waals surface area contributed by atoms with Crippen LogP contribution in [-0.4, -0.2) is 11.6 Å². The van der Waals surface area contributed by atoms with Gasteiger partial charge in [-0.2, -0.15) is 0 Å². The smallest absolute Gasteiger partial charge is 0.137 e. The first-order valence-electron chi connectivity index (χ1n) is 7.32. The fourth-order valence-electron chi connectivity index (χ4n) is 2.40. The molecule has 4 nitrogen and oxygen atoms in total. The van der Waals surface area contributed by atoms with Crippen molar-refractivity contribution in [3.8, 4) is 5.75 Å². The van der Waals surface area contributed by atoms with E-state index in [4.69, 9.17) is 10.6 Å². The van der Waals surface area contributed by atoms with Gasteiger partial charge in [-0.3, -0.25) is 16.3 Å². The monoisotopic (exact) mass is 285 g/mol. The van der Waals surface area contributed by atoms with E-state index in [1.165, 1.54) is 11.1 Å².